The van der Waals surface area contributed by atoms with Crippen LogP contribution in [0, 0.1) is 5.92 Å². The molecule has 7 heteroatoms. The third-order valence-corrected chi connectivity index (χ3v) is 4.22. The van der Waals surface area contributed by atoms with Gasteiger partial charge in [0.25, 0.3) is 5.91 Å². The van der Waals surface area contributed by atoms with E-state index in [-0.39, 0.29) is 22.9 Å². The first kappa shape index (κ1) is 15.9. The number of hydrogen-bond acceptors (Lipinski definition) is 3. The van der Waals surface area contributed by atoms with E-state index in [4.69, 9.17) is 33.0 Å². The summed E-state index contributed by atoms with van der Waals surface area (Å²) >= 11 is 11.9. The van der Waals surface area contributed by atoms with Gasteiger partial charge in [-0.1, -0.05) is 29.3 Å². The predicted molar refractivity (Wildman–Crippen MR) is 78.8 cm³/mol. The van der Waals surface area contributed by atoms with E-state index < -0.39 is 12.1 Å². The van der Waals surface area contributed by atoms with Crippen molar-refractivity contribution in [3.8, 4) is 5.75 Å². The molecule has 0 aromatic heterocycles. The molecule has 0 bridgehead atoms. The molecule has 1 atom stereocenters. The van der Waals surface area contributed by atoms with Gasteiger partial charge in [0.05, 0.1) is 10.9 Å². The number of nitrogens with one attached hydrogen (secondary N) is 1. The van der Waals surface area contributed by atoms with Gasteiger partial charge in [0, 0.05) is 6.04 Å². The summed E-state index contributed by atoms with van der Waals surface area (Å²) in [6, 6.07) is 4.82. The molecule has 0 heterocycles. The monoisotopic (exact) mass is 331 g/mol. The van der Waals surface area contributed by atoms with Crippen molar-refractivity contribution in [1.82, 2.24) is 5.32 Å². The summed E-state index contributed by atoms with van der Waals surface area (Å²) in [7, 11) is 0. The van der Waals surface area contributed by atoms with Crippen molar-refractivity contribution in [3.63, 3.8) is 0 Å². The van der Waals surface area contributed by atoms with Crippen molar-refractivity contribution in [2.45, 2.75) is 31.9 Å². The molecule has 5 nitrogen and oxygen atoms in total. The third-order valence-electron chi connectivity index (χ3n) is 3.42. The fourth-order valence-corrected chi connectivity index (χ4v) is 2.41. The fraction of sp³-hybridized carbons (Fsp3) is 0.429. The Bertz CT molecular complexity index is 558. The molecule has 1 aliphatic rings. The highest BCUT2D eigenvalue weighted by Gasteiger charge is 2.36. The lowest BCUT2D eigenvalue weighted by molar-refractivity contribution is -0.146. The Kier molecular flexibility index (Phi) is 4.96. The van der Waals surface area contributed by atoms with Crippen LogP contribution < -0.4 is 10.1 Å². The zero-order valence-electron chi connectivity index (χ0n) is 11.3. The van der Waals surface area contributed by atoms with Crippen LogP contribution in [0.5, 0.6) is 5.75 Å². The molecule has 0 aliphatic heterocycles. The van der Waals surface area contributed by atoms with Crippen molar-refractivity contribution in [2.75, 3.05) is 0 Å². The number of carboxylic acids is 1. The number of amides is 1. The van der Waals surface area contributed by atoms with Crippen molar-refractivity contribution in [3.05, 3.63) is 28.2 Å². The van der Waals surface area contributed by atoms with Crippen molar-refractivity contribution < 1.29 is 19.4 Å². The summed E-state index contributed by atoms with van der Waals surface area (Å²) in [5.41, 5.74) is 0. The van der Waals surface area contributed by atoms with E-state index in [2.05, 4.69) is 5.32 Å². The summed E-state index contributed by atoms with van der Waals surface area (Å²) in [5.74, 6) is -1.16. The molecule has 1 fully saturated rings. The third kappa shape index (κ3) is 3.80. The Labute approximate surface area is 132 Å². The second-order valence-corrected chi connectivity index (χ2v) is 5.81. The molecular formula is C14H15Cl2NO4. The zero-order valence-corrected chi connectivity index (χ0v) is 12.8. The Morgan fingerprint density at radius 2 is 2.05 bits per heavy atom. The largest absolute Gasteiger partial charge is 0.481 e. The van der Waals surface area contributed by atoms with Crippen LogP contribution in [0.25, 0.3) is 0 Å². The van der Waals surface area contributed by atoms with Gasteiger partial charge in [-0.3, -0.25) is 9.59 Å². The Morgan fingerprint density at radius 1 is 1.38 bits per heavy atom. The van der Waals surface area contributed by atoms with Crippen LogP contribution in [0.2, 0.25) is 10.0 Å². The summed E-state index contributed by atoms with van der Waals surface area (Å²) in [5, 5.41) is 12.1. The van der Waals surface area contributed by atoms with Gasteiger partial charge in [-0.2, -0.15) is 0 Å². The lowest BCUT2D eigenvalue weighted by Crippen LogP contribution is -2.50. The van der Waals surface area contributed by atoms with E-state index in [1.807, 2.05) is 0 Å². The van der Waals surface area contributed by atoms with Crippen LogP contribution in [-0.4, -0.2) is 29.1 Å². The minimum Gasteiger partial charge on any atom is -0.481 e. The van der Waals surface area contributed by atoms with Crippen molar-refractivity contribution in [1.29, 1.82) is 0 Å². The van der Waals surface area contributed by atoms with Crippen molar-refractivity contribution >= 4 is 35.1 Å². The minimum absolute atomic E-state index is 0.112. The van der Waals surface area contributed by atoms with E-state index in [0.717, 1.165) is 0 Å². The highest BCUT2D eigenvalue weighted by Crippen LogP contribution is 2.32. The van der Waals surface area contributed by atoms with Gasteiger partial charge in [0.1, 0.15) is 10.8 Å². The van der Waals surface area contributed by atoms with Crippen LogP contribution in [-0.2, 0) is 9.59 Å². The average molecular weight is 332 g/mol. The molecule has 1 aromatic rings. The van der Waals surface area contributed by atoms with Gasteiger partial charge < -0.3 is 15.2 Å². The number of benzene rings is 1. The molecule has 0 radical (unpaired) electrons. The molecule has 0 spiro atoms. The second kappa shape index (κ2) is 6.54. The maximum atomic E-state index is 12.0. The lowest BCUT2D eigenvalue weighted by Gasteiger charge is -2.33. The average Bonchev–Trinajstić information content (AvgIpc) is 2.37. The van der Waals surface area contributed by atoms with E-state index in [1.165, 1.54) is 0 Å². The molecule has 2 N–H and O–H groups in total. The molecular weight excluding hydrogens is 317 g/mol. The minimum atomic E-state index is -0.824. The first-order valence-corrected chi connectivity index (χ1v) is 7.28. The highest BCUT2D eigenvalue weighted by atomic mass is 35.5. The molecule has 1 amide bonds. The van der Waals surface area contributed by atoms with Gasteiger partial charge in [-0.15, -0.1) is 0 Å². The van der Waals surface area contributed by atoms with Crippen molar-refractivity contribution in [2.24, 2.45) is 5.92 Å². The number of carbonyl (C=O) groups is 2. The van der Waals surface area contributed by atoms with E-state index in [9.17, 15) is 9.59 Å². The molecule has 21 heavy (non-hydrogen) atoms. The van der Waals surface area contributed by atoms with Gasteiger partial charge in [-0.05, 0) is 31.9 Å². The Hall–Kier alpha value is -1.46. The maximum absolute atomic E-state index is 12.0. The van der Waals surface area contributed by atoms with Crippen LogP contribution in [0.1, 0.15) is 19.8 Å². The number of carboxylic acid groups (broad SMARTS) is 1. The number of carbonyl (C=O) groups excluding carboxylic acids is 1. The second-order valence-electron chi connectivity index (χ2n) is 5.02. The first-order chi connectivity index (χ1) is 9.88. The fourth-order valence-electron chi connectivity index (χ4n) is 2.07. The molecule has 0 saturated heterocycles. The van der Waals surface area contributed by atoms with Crippen LogP contribution >= 0.6 is 23.2 Å². The van der Waals surface area contributed by atoms with Gasteiger partial charge in [-0.25, -0.2) is 0 Å². The van der Waals surface area contributed by atoms with E-state index >= 15 is 0 Å². The Balaban J connectivity index is 1.86. The normalized spacial score (nSPS) is 22.0. The number of halogens is 2. The number of aliphatic carboxylic acids is 1. The molecule has 2 rings (SSSR count). The van der Waals surface area contributed by atoms with E-state index in [0.29, 0.717) is 23.6 Å². The topological polar surface area (TPSA) is 75.6 Å². The molecule has 1 aromatic carbocycles. The number of hydrogen-bond donors (Lipinski definition) is 2. The summed E-state index contributed by atoms with van der Waals surface area (Å²) < 4.78 is 5.49. The molecule has 1 unspecified atom stereocenters. The molecule has 1 aliphatic carbocycles. The van der Waals surface area contributed by atoms with Gasteiger partial charge in [0.15, 0.2) is 6.10 Å². The summed E-state index contributed by atoms with van der Waals surface area (Å²) in [6.07, 6.45) is 0.155. The van der Waals surface area contributed by atoms with Crippen LogP contribution in [0.4, 0.5) is 0 Å². The van der Waals surface area contributed by atoms with Crippen LogP contribution in [0.3, 0.4) is 0 Å². The number of ether oxygens (including phenoxy) is 1. The van der Waals surface area contributed by atoms with E-state index in [1.54, 1.807) is 25.1 Å². The standard InChI is InChI=1S/C14H15Cl2NO4/c1-7(21-11-4-2-3-10(15)12(11)16)13(18)17-9-5-8(6-9)14(19)20/h2-4,7-9H,5-6H2,1H3,(H,17,18)(H,19,20). The molecule has 114 valence electrons. The summed E-state index contributed by atoms with van der Waals surface area (Å²) in [6.45, 7) is 1.60. The summed E-state index contributed by atoms with van der Waals surface area (Å²) in [4.78, 5) is 22.7. The van der Waals surface area contributed by atoms with Gasteiger partial charge >= 0.3 is 5.97 Å². The smallest absolute Gasteiger partial charge is 0.306 e. The van der Waals surface area contributed by atoms with Gasteiger partial charge in [0.2, 0.25) is 0 Å². The first-order valence-electron chi connectivity index (χ1n) is 6.52. The predicted octanol–water partition coefficient (Wildman–Crippen LogP) is 2.74. The number of rotatable bonds is 5. The quantitative estimate of drug-likeness (QED) is 0.869. The SMILES string of the molecule is CC(Oc1cccc(Cl)c1Cl)C(=O)NC1CC(C(=O)O)C1. The highest BCUT2D eigenvalue weighted by molar-refractivity contribution is 6.42. The Morgan fingerprint density at radius 3 is 2.67 bits per heavy atom. The lowest BCUT2D eigenvalue weighted by atomic mass is 9.80. The zero-order chi connectivity index (χ0) is 15.6. The maximum Gasteiger partial charge on any atom is 0.306 e. The van der Waals surface area contributed by atoms with Crippen LogP contribution in [0.15, 0.2) is 18.2 Å². The molecule has 1 saturated carbocycles.